The molecule has 0 saturated heterocycles. The largest absolute Gasteiger partial charge is 0.316 e. The molecule has 0 unspecified atom stereocenters. The number of pyridine rings is 1. The van der Waals surface area contributed by atoms with Gasteiger partial charge in [-0.3, -0.25) is 0 Å². The molecule has 0 radical (unpaired) electrons. The van der Waals surface area contributed by atoms with E-state index in [1.165, 1.54) is 5.56 Å². The molecule has 0 saturated carbocycles. The number of nitrogens with zero attached hydrogens (tertiary/aromatic N) is 3. The zero-order chi connectivity index (χ0) is 11.5. The smallest absolute Gasteiger partial charge is 0.153 e. The Hall–Kier alpha value is -1.20. The van der Waals surface area contributed by atoms with E-state index in [-0.39, 0.29) is 0 Å². The second-order valence-corrected chi connectivity index (χ2v) is 4.46. The highest BCUT2D eigenvalue weighted by Crippen LogP contribution is 2.13. The number of hydrogen-bond donors (Lipinski definition) is 1. The SMILES string of the molecule is CNCc1ccc(-n2cc(Br)cn2)nc1C. The van der Waals surface area contributed by atoms with Crippen LogP contribution in [0.1, 0.15) is 11.3 Å². The van der Waals surface area contributed by atoms with Gasteiger partial charge in [-0.15, -0.1) is 0 Å². The van der Waals surface area contributed by atoms with Crippen LogP contribution < -0.4 is 5.32 Å². The molecule has 5 heteroatoms. The van der Waals surface area contributed by atoms with Gasteiger partial charge >= 0.3 is 0 Å². The molecule has 0 bridgehead atoms. The number of aromatic nitrogens is 3. The van der Waals surface area contributed by atoms with E-state index in [0.717, 1.165) is 22.5 Å². The lowest BCUT2D eigenvalue weighted by atomic mass is 10.2. The van der Waals surface area contributed by atoms with Crippen LogP contribution in [0.25, 0.3) is 5.82 Å². The van der Waals surface area contributed by atoms with Crippen molar-refractivity contribution >= 4 is 15.9 Å². The first-order valence-electron chi connectivity index (χ1n) is 5.02. The molecule has 2 aromatic heterocycles. The summed E-state index contributed by atoms with van der Waals surface area (Å²) in [5, 5.41) is 7.31. The molecular formula is C11H13BrN4. The first kappa shape index (κ1) is 11.3. The van der Waals surface area contributed by atoms with E-state index in [9.17, 15) is 0 Å². The second kappa shape index (κ2) is 4.76. The van der Waals surface area contributed by atoms with Gasteiger partial charge in [0.05, 0.1) is 10.7 Å². The van der Waals surface area contributed by atoms with Gasteiger partial charge in [-0.2, -0.15) is 5.10 Å². The summed E-state index contributed by atoms with van der Waals surface area (Å²) < 4.78 is 2.70. The van der Waals surface area contributed by atoms with Gasteiger partial charge in [-0.25, -0.2) is 9.67 Å². The van der Waals surface area contributed by atoms with Crippen molar-refractivity contribution in [2.75, 3.05) is 7.05 Å². The minimum atomic E-state index is 0.835. The first-order valence-corrected chi connectivity index (χ1v) is 5.81. The fourth-order valence-corrected chi connectivity index (χ4v) is 1.79. The summed E-state index contributed by atoms with van der Waals surface area (Å²) in [6, 6.07) is 4.04. The predicted octanol–water partition coefficient (Wildman–Crippen LogP) is 2.06. The Labute approximate surface area is 103 Å². The zero-order valence-electron chi connectivity index (χ0n) is 9.24. The third kappa shape index (κ3) is 2.31. The van der Waals surface area contributed by atoms with Crippen LogP contribution in [0.3, 0.4) is 0 Å². The van der Waals surface area contributed by atoms with Crippen molar-refractivity contribution in [3.8, 4) is 5.82 Å². The molecular weight excluding hydrogens is 268 g/mol. The average molecular weight is 281 g/mol. The molecule has 0 fully saturated rings. The second-order valence-electron chi connectivity index (χ2n) is 3.55. The van der Waals surface area contributed by atoms with Crippen LogP contribution in [0.5, 0.6) is 0 Å². The van der Waals surface area contributed by atoms with E-state index in [0.29, 0.717) is 0 Å². The zero-order valence-corrected chi connectivity index (χ0v) is 10.8. The highest BCUT2D eigenvalue weighted by molar-refractivity contribution is 9.10. The van der Waals surface area contributed by atoms with E-state index in [1.54, 1.807) is 10.9 Å². The standard InChI is InChI=1S/C11H13BrN4/c1-8-9(5-13-2)3-4-11(15-8)16-7-10(12)6-14-16/h3-4,6-7,13H,5H2,1-2H3. The van der Waals surface area contributed by atoms with E-state index >= 15 is 0 Å². The molecule has 0 aliphatic heterocycles. The van der Waals surface area contributed by atoms with Gasteiger partial charge in [-0.1, -0.05) is 6.07 Å². The maximum absolute atomic E-state index is 4.51. The van der Waals surface area contributed by atoms with Crippen LogP contribution in [-0.2, 0) is 6.54 Å². The van der Waals surface area contributed by atoms with Crippen LogP contribution in [-0.4, -0.2) is 21.8 Å². The van der Waals surface area contributed by atoms with Gasteiger partial charge in [0.1, 0.15) is 0 Å². The topological polar surface area (TPSA) is 42.7 Å². The summed E-state index contributed by atoms with van der Waals surface area (Å²) in [5.41, 5.74) is 2.23. The Balaban J connectivity index is 2.34. The number of hydrogen-bond acceptors (Lipinski definition) is 3. The molecule has 1 N–H and O–H groups in total. The highest BCUT2D eigenvalue weighted by atomic mass is 79.9. The quantitative estimate of drug-likeness (QED) is 0.936. The Morgan fingerprint density at radius 2 is 2.25 bits per heavy atom. The van der Waals surface area contributed by atoms with Crippen molar-refractivity contribution in [3.63, 3.8) is 0 Å². The third-order valence-corrected chi connectivity index (χ3v) is 2.74. The molecule has 2 aromatic rings. The van der Waals surface area contributed by atoms with Gasteiger partial charge in [0.2, 0.25) is 0 Å². The number of rotatable bonds is 3. The lowest BCUT2D eigenvalue weighted by molar-refractivity contribution is 0.790. The monoisotopic (exact) mass is 280 g/mol. The number of halogens is 1. The Morgan fingerprint density at radius 3 is 2.81 bits per heavy atom. The summed E-state index contributed by atoms with van der Waals surface area (Å²) in [6.07, 6.45) is 3.64. The molecule has 16 heavy (non-hydrogen) atoms. The lowest BCUT2D eigenvalue weighted by Crippen LogP contribution is -2.09. The van der Waals surface area contributed by atoms with Crippen molar-refractivity contribution in [2.24, 2.45) is 0 Å². The first-order chi connectivity index (χ1) is 7.70. The van der Waals surface area contributed by atoms with Crippen molar-refractivity contribution in [1.29, 1.82) is 0 Å². The minimum absolute atomic E-state index is 0.835. The lowest BCUT2D eigenvalue weighted by Gasteiger charge is -2.06. The van der Waals surface area contributed by atoms with E-state index in [4.69, 9.17) is 0 Å². The average Bonchev–Trinajstić information content (AvgIpc) is 2.68. The molecule has 84 valence electrons. The molecule has 0 aliphatic carbocycles. The Bertz CT molecular complexity index is 492. The van der Waals surface area contributed by atoms with Crippen LogP contribution in [0.15, 0.2) is 29.0 Å². The third-order valence-electron chi connectivity index (χ3n) is 2.33. The van der Waals surface area contributed by atoms with Gasteiger partial charge in [0.15, 0.2) is 5.82 Å². The van der Waals surface area contributed by atoms with E-state index < -0.39 is 0 Å². The van der Waals surface area contributed by atoms with Crippen LogP contribution >= 0.6 is 15.9 Å². The fourth-order valence-electron chi connectivity index (χ4n) is 1.51. The Morgan fingerprint density at radius 1 is 1.44 bits per heavy atom. The van der Waals surface area contributed by atoms with Crippen molar-refractivity contribution < 1.29 is 0 Å². The minimum Gasteiger partial charge on any atom is -0.316 e. The van der Waals surface area contributed by atoms with Crippen LogP contribution in [0, 0.1) is 6.92 Å². The maximum Gasteiger partial charge on any atom is 0.153 e. The molecule has 2 heterocycles. The van der Waals surface area contributed by atoms with Gasteiger partial charge in [0, 0.05) is 18.4 Å². The van der Waals surface area contributed by atoms with Gasteiger partial charge in [0.25, 0.3) is 0 Å². The molecule has 2 rings (SSSR count). The molecule has 0 amide bonds. The van der Waals surface area contributed by atoms with E-state index in [1.807, 2.05) is 26.2 Å². The normalized spacial score (nSPS) is 10.7. The van der Waals surface area contributed by atoms with Crippen LogP contribution in [0.2, 0.25) is 0 Å². The Kier molecular flexibility index (Phi) is 3.36. The summed E-state index contributed by atoms with van der Waals surface area (Å²) in [6.45, 7) is 2.84. The summed E-state index contributed by atoms with van der Waals surface area (Å²) in [5.74, 6) is 0.836. The molecule has 0 aromatic carbocycles. The van der Waals surface area contributed by atoms with Gasteiger partial charge in [-0.05, 0) is 41.5 Å². The van der Waals surface area contributed by atoms with Crippen LogP contribution in [0.4, 0.5) is 0 Å². The fraction of sp³-hybridized carbons (Fsp3) is 0.273. The summed E-state index contributed by atoms with van der Waals surface area (Å²) >= 11 is 3.37. The van der Waals surface area contributed by atoms with Crippen molar-refractivity contribution in [1.82, 2.24) is 20.1 Å². The molecule has 4 nitrogen and oxygen atoms in total. The number of nitrogens with one attached hydrogen (secondary N) is 1. The highest BCUT2D eigenvalue weighted by Gasteiger charge is 2.03. The molecule has 0 aliphatic rings. The maximum atomic E-state index is 4.51. The predicted molar refractivity (Wildman–Crippen MR) is 66.6 cm³/mol. The summed E-state index contributed by atoms with van der Waals surface area (Å²) in [7, 11) is 1.93. The van der Waals surface area contributed by atoms with Crippen molar-refractivity contribution in [3.05, 3.63) is 40.3 Å². The van der Waals surface area contributed by atoms with E-state index in [2.05, 4.69) is 37.4 Å². The molecule has 0 atom stereocenters. The van der Waals surface area contributed by atoms with Gasteiger partial charge < -0.3 is 5.32 Å². The van der Waals surface area contributed by atoms with Crippen molar-refractivity contribution in [2.45, 2.75) is 13.5 Å². The molecule has 0 spiro atoms. The summed E-state index contributed by atoms with van der Waals surface area (Å²) in [4.78, 5) is 4.51. The number of aryl methyl sites for hydroxylation is 1.